The first-order chi connectivity index (χ1) is 19.2. The molecule has 0 radical (unpaired) electrons. The van der Waals surface area contributed by atoms with Crippen LogP contribution in [0.4, 0.5) is 0 Å². The van der Waals surface area contributed by atoms with Gasteiger partial charge in [0, 0.05) is 13.0 Å². The molecule has 4 amide bonds. The molecule has 0 saturated heterocycles. The van der Waals surface area contributed by atoms with Gasteiger partial charge in [-0.3, -0.25) is 29.0 Å². The lowest BCUT2D eigenvalue weighted by atomic mass is 10.0. The van der Waals surface area contributed by atoms with Crippen molar-refractivity contribution in [2.24, 2.45) is 28.1 Å². The maximum absolute atomic E-state index is 13.4. The summed E-state index contributed by atoms with van der Waals surface area (Å²) in [6, 6.07) is 1.79. The number of amides is 4. The van der Waals surface area contributed by atoms with Crippen molar-refractivity contribution >= 4 is 35.6 Å². The van der Waals surface area contributed by atoms with Gasteiger partial charge in [-0.2, -0.15) is 0 Å². The lowest BCUT2D eigenvalue weighted by Crippen LogP contribution is -2.58. The van der Waals surface area contributed by atoms with Gasteiger partial charge in [0.1, 0.15) is 30.4 Å². The van der Waals surface area contributed by atoms with Crippen LogP contribution in [0.15, 0.2) is 29.3 Å². The van der Waals surface area contributed by atoms with Crippen LogP contribution in [0.5, 0.6) is 5.75 Å². The first-order valence-electron chi connectivity index (χ1n) is 13.2. The number of nitrogens with two attached hydrogens (primary N) is 3. The van der Waals surface area contributed by atoms with Crippen molar-refractivity contribution in [2.45, 2.75) is 70.6 Å². The highest BCUT2D eigenvalue weighted by Crippen LogP contribution is 2.12. The summed E-state index contributed by atoms with van der Waals surface area (Å²) >= 11 is 0. The van der Waals surface area contributed by atoms with E-state index in [1.807, 2.05) is 13.8 Å². The molecule has 0 aromatic heterocycles. The number of aliphatic carboxylic acids is 1. The number of nitrogens with zero attached hydrogens (tertiary/aromatic N) is 1. The van der Waals surface area contributed by atoms with Gasteiger partial charge in [0.25, 0.3) is 0 Å². The Balaban J connectivity index is 3.13. The Kier molecular flexibility index (Phi) is 14.6. The number of carbonyl (C=O) groups is 5. The second kappa shape index (κ2) is 17.3. The Morgan fingerprint density at radius 3 is 2.02 bits per heavy atom. The van der Waals surface area contributed by atoms with E-state index < -0.39 is 60.3 Å². The van der Waals surface area contributed by atoms with Crippen LogP contribution in [0.1, 0.15) is 45.6 Å². The fraction of sp³-hybridized carbons (Fsp3) is 0.538. The smallest absolute Gasteiger partial charge is 0.322 e. The van der Waals surface area contributed by atoms with Gasteiger partial charge >= 0.3 is 5.97 Å². The van der Waals surface area contributed by atoms with Gasteiger partial charge in [0.15, 0.2) is 5.96 Å². The minimum Gasteiger partial charge on any atom is -0.508 e. The number of phenols is 1. The molecule has 228 valence electrons. The number of hydrogen-bond donors (Lipinski definition) is 9. The van der Waals surface area contributed by atoms with Crippen molar-refractivity contribution < 1.29 is 34.2 Å². The maximum atomic E-state index is 13.4. The third kappa shape index (κ3) is 14.0. The number of aromatic hydroxyl groups is 1. The minimum absolute atomic E-state index is 0.0248. The number of phenolic OH excluding ortho intramolecular Hbond substituents is 1. The van der Waals surface area contributed by atoms with E-state index in [0.717, 1.165) is 0 Å². The number of carbonyl (C=O) groups excluding carboxylic acids is 4. The summed E-state index contributed by atoms with van der Waals surface area (Å²) in [6.45, 7) is 4.70. The highest BCUT2D eigenvalue weighted by atomic mass is 16.4. The SMILES string of the molecule is CC(C)C[C@H](N)C(=O)N[C@@H](Cc1ccc(O)cc1)C(=O)N[C@@H](CCCN=C(N)N)C(=O)N[C@@H](C)C(=O)NCC(=O)O. The van der Waals surface area contributed by atoms with E-state index in [4.69, 9.17) is 22.3 Å². The molecule has 0 fully saturated rings. The zero-order valence-corrected chi connectivity index (χ0v) is 23.6. The molecule has 41 heavy (non-hydrogen) atoms. The summed E-state index contributed by atoms with van der Waals surface area (Å²) in [7, 11) is 0. The molecule has 1 rings (SSSR count). The molecular formula is C26H42N8O7. The predicted octanol–water partition coefficient (Wildman–Crippen LogP) is -1.96. The molecule has 12 N–H and O–H groups in total. The molecular weight excluding hydrogens is 536 g/mol. The Bertz CT molecular complexity index is 1070. The summed E-state index contributed by atoms with van der Waals surface area (Å²) in [6.07, 6.45) is 0.772. The first kappa shape index (κ1) is 34.6. The van der Waals surface area contributed by atoms with Crippen LogP contribution < -0.4 is 38.5 Å². The van der Waals surface area contributed by atoms with Gasteiger partial charge in [0.05, 0.1) is 6.04 Å². The van der Waals surface area contributed by atoms with Crippen LogP contribution in [0.25, 0.3) is 0 Å². The lowest BCUT2D eigenvalue weighted by Gasteiger charge is -2.25. The molecule has 0 heterocycles. The maximum Gasteiger partial charge on any atom is 0.322 e. The molecule has 0 bridgehead atoms. The monoisotopic (exact) mass is 578 g/mol. The quantitative estimate of drug-likeness (QED) is 0.0559. The Hall–Kier alpha value is -4.40. The van der Waals surface area contributed by atoms with Crippen molar-refractivity contribution in [2.75, 3.05) is 13.1 Å². The number of carboxylic acids is 1. The van der Waals surface area contributed by atoms with Gasteiger partial charge in [-0.25, -0.2) is 0 Å². The van der Waals surface area contributed by atoms with Crippen LogP contribution in [0.3, 0.4) is 0 Å². The van der Waals surface area contributed by atoms with E-state index in [-0.39, 0.29) is 43.4 Å². The fourth-order valence-corrected chi connectivity index (χ4v) is 3.71. The van der Waals surface area contributed by atoms with E-state index >= 15 is 0 Å². The zero-order valence-electron chi connectivity index (χ0n) is 23.6. The van der Waals surface area contributed by atoms with E-state index in [1.165, 1.54) is 19.1 Å². The summed E-state index contributed by atoms with van der Waals surface area (Å²) in [5, 5.41) is 28.2. The van der Waals surface area contributed by atoms with E-state index in [2.05, 4.69) is 26.3 Å². The van der Waals surface area contributed by atoms with E-state index in [1.54, 1.807) is 12.1 Å². The number of aliphatic imine (C=N–C) groups is 1. The van der Waals surface area contributed by atoms with Crippen molar-refractivity contribution in [3.8, 4) is 5.75 Å². The molecule has 0 saturated carbocycles. The second-order valence-corrected chi connectivity index (χ2v) is 10.0. The number of carboxylic acid groups (broad SMARTS) is 1. The topological polar surface area (TPSA) is 264 Å². The van der Waals surface area contributed by atoms with Crippen LogP contribution in [0, 0.1) is 5.92 Å². The van der Waals surface area contributed by atoms with E-state index in [0.29, 0.717) is 12.0 Å². The number of guanidine groups is 1. The zero-order chi connectivity index (χ0) is 31.1. The molecule has 0 aliphatic heterocycles. The summed E-state index contributed by atoms with van der Waals surface area (Å²) in [5.74, 6) is -3.92. The van der Waals surface area contributed by atoms with Crippen LogP contribution in [0.2, 0.25) is 0 Å². The molecule has 15 heteroatoms. The van der Waals surface area contributed by atoms with Gasteiger partial charge in [-0.05, 0) is 49.8 Å². The Morgan fingerprint density at radius 2 is 1.46 bits per heavy atom. The third-order valence-corrected chi connectivity index (χ3v) is 5.82. The van der Waals surface area contributed by atoms with Gasteiger partial charge in [-0.15, -0.1) is 0 Å². The molecule has 1 aromatic rings. The molecule has 15 nitrogen and oxygen atoms in total. The van der Waals surface area contributed by atoms with Crippen LogP contribution in [-0.2, 0) is 30.4 Å². The normalized spacial score (nSPS) is 13.7. The highest BCUT2D eigenvalue weighted by Gasteiger charge is 2.29. The highest BCUT2D eigenvalue weighted by molar-refractivity contribution is 5.95. The number of benzene rings is 1. The van der Waals surface area contributed by atoms with Gasteiger partial charge in [-0.1, -0.05) is 26.0 Å². The molecule has 4 atom stereocenters. The average Bonchev–Trinajstić information content (AvgIpc) is 2.88. The second-order valence-electron chi connectivity index (χ2n) is 10.0. The van der Waals surface area contributed by atoms with Gasteiger partial charge in [0.2, 0.25) is 23.6 Å². The third-order valence-electron chi connectivity index (χ3n) is 5.82. The summed E-state index contributed by atoms with van der Waals surface area (Å²) in [5.41, 5.74) is 17.3. The number of nitrogens with one attached hydrogen (secondary N) is 4. The lowest BCUT2D eigenvalue weighted by molar-refractivity contribution is -0.138. The van der Waals surface area contributed by atoms with Gasteiger partial charge < -0.3 is 48.7 Å². The van der Waals surface area contributed by atoms with E-state index in [9.17, 15) is 29.1 Å². The number of rotatable bonds is 17. The summed E-state index contributed by atoms with van der Waals surface area (Å²) < 4.78 is 0. The summed E-state index contributed by atoms with van der Waals surface area (Å²) in [4.78, 5) is 66.1. The Morgan fingerprint density at radius 1 is 0.878 bits per heavy atom. The van der Waals surface area contributed by atoms with Crippen molar-refractivity contribution in [1.29, 1.82) is 0 Å². The predicted molar refractivity (Wildman–Crippen MR) is 151 cm³/mol. The van der Waals surface area contributed by atoms with Crippen LogP contribution in [-0.4, -0.2) is 83.0 Å². The first-order valence-corrected chi connectivity index (χ1v) is 13.2. The molecule has 0 aliphatic rings. The number of hydrogen-bond acceptors (Lipinski definition) is 8. The largest absolute Gasteiger partial charge is 0.508 e. The molecule has 0 aliphatic carbocycles. The fourth-order valence-electron chi connectivity index (χ4n) is 3.71. The van der Waals surface area contributed by atoms with Crippen molar-refractivity contribution in [3.05, 3.63) is 29.8 Å². The molecule has 1 aromatic carbocycles. The molecule has 0 spiro atoms. The minimum atomic E-state index is -1.25. The standard InChI is InChI=1S/C26H42N8O7/c1-14(2)11-18(27)23(39)34-20(12-16-6-8-17(35)9-7-16)25(41)33-19(5-4-10-30-26(28)29)24(40)32-15(3)22(38)31-13-21(36)37/h6-9,14-15,18-20,35H,4-5,10-13,27H2,1-3H3,(H,31,38)(H,32,40)(H,33,41)(H,34,39)(H,36,37)(H4,28,29,30)/t15-,18-,19-,20-/m0/s1. The van der Waals surface area contributed by atoms with Crippen LogP contribution >= 0.6 is 0 Å². The molecule has 0 unspecified atom stereocenters. The van der Waals surface area contributed by atoms with Crippen molar-refractivity contribution in [3.63, 3.8) is 0 Å². The Labute approximate surface area is 238 Å². The average molecular weight is 579 g/mol. The van der Waals surface area contributed by atoms with Crippen molar-refractivity contribution in [1.82, 2.24) is 21.3 Å².